The van der Waals surface area contributed by atoms with Crippen LogP contribution < -0.4 is 5.73 Å². The molecular formula is C16H18F3N. The number of rotatable bonds is 2. The van der Waals surface area contributed by atoms with E-state index in [-0.39, 0.29) is 10.9 Å². The van der Waals surface area contributed by atoms with Crippen molar-refractivity contribution in [1.29, 1.82) is 0 Å². The van der Waals surface area contributed by atoms with Crippen LogP contribution in [-0.4, -0.2) is 0 Å². The third kappa shape index (κ3) is 2.50. The molecule has 0 saturated heterocycles. The molecule has 20 heavy (non-hydrogen) atoms. The van der Waals surface area contributed by atoms with Crippen molar-refractivity contribution in [2.75, 3.05) is 5.73 Å². The molecule has 4 heteroatoms. The van der Waals surface area contributed by atoms with Crippen molar-refractivity contribution in [2.45, 2.75) is 27.2 Å². The van der Waals surface area contributed by atoms with Crippen LogP contribution >= 0.6 is 0 Å². The molecular weight excluding hydrogens is 263 g/mol. The number of anilines is 1. The van der Waals surface area contributed by atoms with Crippen molar-refractivity contribution < 1.29 is 13.2 Å². The molecule has 0 aromatic heterocycles. The van der Waals surface area contributed by atoms with Gasteiger partial charge in [0.2, 0.25) is 0 Å². The number of hydrogen-bond donors (Lipinski definition) is 1. The van der Waals surface area contributed by atoms with E-state index in [2.05, 4.69) is 6.58 Å². The summed E-state index contributed by atoms with van der Waals surface area (Å²) in [7, 11) is 0. The number of aryl methyl sites for hydroxylation is 1. The van der Waals surface area contributed by atoms with Gasteiger partial charge in [0.15, 0.2) is 17.5 Å². The van der Waals surface area contributed by atoms with Crippen molar-refractivity contribution in [3.63, 3.8) is 0 Å². The minimum atomic E-state index is -1.50. The number of halogens is 3. The average molecular weight is 281 g/mol. The van der Waals surface area contributed by atoms with E-state index in [0.717, 1.165) is 0 Å². The van der Waals surface area contributed by atoms with Gasteiger partial charge in [-0.2, -0.15) is 0 Å². The fourth-order valence-corrected chi connectivity index (χ4v) is 2.13. The number of nitrogen functional groups attached to an aromatic ring is 1. The van der Waals surface area contributed by atoms with Gasteiger partial charge in [0.1, 0.15) is 0 Å². The van der Waals surface area contributed by atoms with E-state index in [4.69, 9.17) is 5.73 Å². The Labute approximate surface area is 116 Å². The summed E-state index contributed by atoms with van der Waals surface area (Å²) in [5.41, 5.74) is 6.60. The molecule has 1 nitrogen and oxygen atoms in total. The number of hydrogen-bond acceptors (Lipinski definition) is 1. The Kier molecular flexibility index (Phi) is 5.19. The van der Waals surface area contributed by atoms with E-state index >= 15 is 0 Å². The van der Waals surface area contributed by atoms with Crippen molar-refractivity contribution >= 4 is 22.5 Å². The highest BCUT2D eigenvalue weighted by Gasteiger charge is 2.20. The van der Waals surface area contributed by atoms with Gasteiger partial charge in [-0.15, -0.1) is 0 Å². The zero-order valence-electron chi connectivity index (χ0n) is 11.9. The van der Waals surface area contributed by atoms with Crippen LogP contribution in [0.25, 0.3) is 16.8 Å². The second kappa shape index (κ2) is 6.46. The van der Waals surface area contributed by atoms with Crippen molar-refractivity contribution in [1.82, 2.24) is 0 Å². The van der Waals surface area contributed by atoms with Crippen LogP contribution in [0.4, 0.5) is 18.9 Å². The predicted molar refractivity (Wildman–Crippen MR) is 79.1 cm³/mol. The molecule has 0 aliphatic carbocycles. The highest BCUT2D eigenvalue weighted by atomic mass is 19.2. The molecule has 0 fully saturated rings. The Morgan fingerprint density at radius 3 is 2.20 bits per heavy atom. The number of nitrogens with two attached hydrogens (primary N) is 1. The standard InChI is InChI=1S/C14H12F3N.C2H6/c1-3-7-5-8(18)6-10-11(7)9(4-2)12(15)14(17)13(10)16;1-2/h4-6H,2-3,18H2,1H3;1-2H3. The first kappa shape index (κ1) is 16.1. The quantitative estimate of drug-likeness (QED) is 0.603. The van der Waals surface area contributed by atoms with Crippen LogP contribution in [0.1, 0.15) is 31.9 Å². The monoisotopic (exact) mass is 281 g/mol. The largest absolute Gasteiger partial charge is 0.399 e. The third-order valence-electron chi connectivity index (χ3n) is 2.96. The van der Waals surface area contributed by atoms with E-state index in [9.17, 15) is 13.2 Å². The van der Waals surface area contributed by atoms with Gasteiger partial charge in [-0.25, -0.2) is 13.2 Å². The van der Waals surface area contributed by atoms with Crippen molar-refractivity contribution in [3.05, 3.63) is 47.3 Å². The van der Waals surface area contributed by atoms with Crippen molar-refractivity contribution in [2.24, 2.45) is 0 Å². The summed E-state index contributed by atoms with van der Waals surface area (Å²) in [4.78, 5) is 0. The van der Waals surface area contributed by atoms with Gasteiger partial charge in [0.25, 0.3) is 0 Å². The zero-order valence-corrected chi connectivity index (χ0v) is 11.9. The Morgan fingerprint density at radius 2 is 1.70 bits per heavy atom. The maximum atomic E-state index is 13.8. The lowest BCUT2D eigenvalue weighted by Crippen LogP contribution is -2.01. The molecule has 2 aromatic rings. The van der Waals surface area contributed by atoms with E-state index in [0.29, 0.717) is 23.1 Å². The molecule has 0 atom stereocenters. The SMILES string of the molecule is C=Cc1c(F)c(F)c(F)c2cc(N)cc(CC)c12.CC. The molecule has 2 aromatic carbocycles. The van der Waals surface area contributed by atoms with Crippen LogP contribution in [0.5, 0.6) is 0 Å². The van der Waals surface area contributed by atoms with Crippen LogP contribution in [0, 0.1) is 17.5 Å². The van der Waals surface area contributed by atoms with Crippen LogP contribution in [0.2, 0.25) is 0 Å². The first-order chi connectivity index (χ1) is 9.51. The smallest absolute Gasteiger partial charge is 0.195 e. The Balaban J connectivity index is 0.000000956. The summed E-state index contributed by atoms with van der Waals surface area (Å²) in [6, 6.07) is 2.94. The lowest BCUT2D eigenvalue weighted by Gasteiger charge is -2.12. The number of benzene rings is 2. The molecule has 0 spiro atoms. The lowest BCUT2D eigenvalue weighted by molar-refractivity contribution is 0.452. The summed E-state index contributed by atoms with van der Waals surface area (Å²) < 4.78 is 40.9. The molecule has 0 saturated carbocycles. The maximum absolute atomic E-state index is 13.8. The molecule has 0 aliphatic rings. The molecule has 0 radical (unpaired) electrons. The summed E-state index contributed by atoms with van der Waals surface area (Å²) >= 11 is 0. The summed E-state index contributed by atoms with van der Waals surface area (Å²) in [5.74, 6) is -3.92. The van der Waals surface area contributed by atoms with E-state index in [1.807, 2.05) is 20.8 Å². The minimum Gasteiger partial charge on any atom is -0.399 e. The van der Waals surface area contributed by atoms with Gasteiger partial charge in [0, 0.05) is 16.6 Å². The van der Waals surface area contributed by atoms with Gasteiger partial charge in [-0.05, 0) is 29.5 Å². The molecule has 0 heterocycles. The molecule has 2 rings (SSSR count). The predicted octanol–water partition coefficient (Wildman–Crippen LogP) is 5.07. The Hall–Kier alpha value is -1.97. The molecule has 0 aliphatic heterocycles. The van der Waals surface area contributed by atoms with Gasteiger partial charge in [-0.1, -0.05) is 33.4 Å². The lowest BCUT2D eigenvalue weighted by atomic mass is 9.95. The molecule has 108 valence electrons. The fraction of sp³-hybridized carbons (Fsp3) is 0.250. The first-order valence-electron chi connectivity index (χ1n) is 6.52. The molecule has 0 bridgehead atoms. The topological polar surface area (TPSA) is 26.0 Å². The van der Waals surface area contributed by atoms with E-state index in [1.165, 1.54) is 12.1 Å². The van der Waals surface area contributed by atoms with Crippen molar-refractivity contribution in [3.8, 4) is 0 Å². The normalized spacial score (nSPS) is 10.1. The second-order valence-corrected chi connectivity index (χ2v) is 4.02. The summed E-state index contributed by atoms with van der Waals surface area (Å²) in [5, 5.41) is 0.318. The molecule has 2 N–H and O–H groups in total. The highest BCUT2D eigenvalue weighted by molar-refractivity contribution is 5.96. The highest BCUT2D eigenvalue weighted by Crippen LogP contribution is 2.33. The minimum absolute atomic E-state index is 0.0133. The van der Waals surface area contributed by atoms with E-state index in [1.54, 1.807) is 6.07 Å². The first-order valence-corrected chi connectivity index (χ1v) is 6.52. The van der Waals surface area contributed by atoms with Crippen LogP contribution in [0.3, 0.4) is 0 Å². The molecule has 0 unspecified atom stereocenters. The Morgan fingerprint density at radius 1 is 1.10 bits per heavy atom. The molecule has 0 amide bonds. The van der Waals surface area contributed by atoms with Gasteiger partial charge >= 0.3 is 0 Å². The summed E-state index contributed by atoms with van der Waals surface area (Å²) in [6.07, 6.45) is 1.72. The van der Waals surface area contributed by atoms with Crippen LogP contribution in [-0.2, 0) is 6.42 Å². The van der Waals surface area contributed by atoms with Gasteiger partial charge in [0.05, 0.1) is 0 Å². The number of fused-ring (bicyclic) bond motifs is 1. The maximum Gasteiger partial charge on any atom is 0.195 e. The zero-order chi connectivity index (χ0) is 15.4. The van der Waals surface area contributed by atoms with E-state index < -0.39 is 17.5 Å². The van der Waals surface area contributed by atoms with Gasteiger partial charge < -0.3 is 5.73 Å². The third-order valence-corrected chi connectivity index (χ3v) is 2.96. The second-order valence-electron chi connectivity index (χ2n) is 4.02. The fourth-order valence-electron chi connectivity index (χ4n) is 2.13. The summed E-state index contributed by atoms with van der Waals surface area (Å²) in [6.45, 7) is 9.28. The van der Waals surface area contributed by atoms with Gasteiger partial charge in [-0.3, -0.25) is 0 Å². The Bertz CT molecular complexity index is 648. The average Bonchev–Trinajstić information content (AvgIpc) is 2.47. The van der Waals surface area contributed by atoms with Crippen LogP contribution in [0.15, 0.2) is 18.7 Å².